The van der Waals surface area contributed by atoms with Crippen molar-refractivity contribution >= 4 is 0 Å². The highest BCUT2D eigenvalue weighted by Gasteiger charge is 2.36. The van der Waals surface area contributed by atoms with E-state index in [1.807, 2.05) is 121 Å². The van der Waals surface area contributed by atoms with Gasteiger partial charge in [-0.25, -0.2) is 29.9 Å². The first-order valence-corrected chi connectivity index (χ1v) is 23.8. The summed E-state index contributed by atoms with van der Waals surface area (Å²) in [4.78, 5) is 30.0. The molecule has 1 aliphatic carbocycles. The molecule has 0 bridgehead atoms. The fraction of sp³-hybridized carbons (Fsp3) is 0.0625. The highest BCUT2D eigenvalue weighted by molar-refractivity contribution is 5.84. The maximum atomic E-state index is 5.04. The molecule has 12 rings (SSSR count). The molecule has 0 amide bonds. The summed E-state index contributed by atoms with van der Waals surface area (Å²) in [6, 6.07) is 80.6. The first kappa shape index (κ1) is 42.4. The van der Waals surface area contributed by atoms with Gasteiger partial charge in [0.25, 0.3) is 0 Å². The summed E-state index contributed by atoms with van der Waals surface area (Å²) in [5, 5.41) is 0. The average Bonchev–Trinajstić information content (AvgIpc) is 3.44. The second-order valence-electron chi connectivity index (χ2n) is 17.9. The second-order valence-corrected chi connectivity index (χ2v) is 17.9. The topological polar surface area (TPSA) is 77.3 Å². The molecule has 0 saturated heterocycles. The van der Waals surface area contributed by atoms with Gasteiger partial charge in [0.05, 0.1) is 0 Å². The van der Waals surface area contributed by atoms with Crippen molar-refractivity contribution in [1.82, 2.24) is 29.9 Å². The standard InChI is InChI=1S/C64H46N6/c1-41-19-15-16-28-51(41)57-55-30-18-17-29-52(55)42(2)56-53(43-31-35-49(36-32-43)63-67-59(45-20-7-3-8-21-45)65-60(68-63)46-22-9-4-10-23-46)39-40-54(58(56)57)44-33-37-50(38-34-44)64-69-61(47-24-11-5-12-25-47)66-62(70-64)48-26-13-6-14-27-48/h3-40,42,57H,1-2H3. The Morgan fingerprint density at radius 1 is 0.257 bits per heavy atom. The molecule has 1 aliphatic rings. The van der Waals surface area contributed by atoms with Crippen LogP contribution in [0, 0.1) is 6.92 Å². The molecule has 2 atom stereocenters. The van der Waals surface area contributed by atoms with Crippen LogP contribution in [-0.4, -0.2) is 29.9 Å². The zero-order valence-electron chi connectivity index (χ0n) is 38.8. The SMILES string of the molecule is Cc1ccccc1C1c2ccccc2C(C)c2c(-c3ccc(-c4nc(-c5ccccc5)nc(-c5ccccc5)n4)cc3)ccc(-c3ccc(-c4nc(-c5ccccc5)nc(-c5ccccc5)n4)cc3)c21. The Bertz CT molecular complexity index is 3540. The van der Waals surface area contributed by atoms with Gasteiger partial charge in [-0.2, -0.15) is 0 Å². The molecule has 11 aromatic rings. The number of fused-ring (bicyclic) bond motifs is 2. The van der Waals surface area contributed by atoms with E-state index < -0.39 is 0 Å². The number of hydrogen-bond donors (Lipinski definition) is 0. The third-order valence-corrected chi connectivity index (χ3v) is 13.6. The lowest BCUT2D eigenvalue weighted by Crippen LogP contribution is -2.20. The Morgan fingerprint density at radius 3 is 0.914 bits per heavy atom. The van der Waals surface area contributed by atoms with Crippen LogP contribution < -0.4 is 0 Å². The highest BCUT2D eigenvalue weighted by atomic mass is 15.0. The van der Waals surface area contributed by atoms with Crippen molar-refractivity contribution in [2.75, 3.05) is 0 Å². The molecule has 2 heterocycles. The molecule has 0 saturated carbocycles. The van der Waals surface area contributed by atoms with Gasteiger partial charge in [-0.15, -0.1) is 0 Å². The molecule has 2 unspecified atom stereocenters. The van der Waals surface area contributed by atoms with E-state index in [0.717, 1.165) is 44.5 Å². The number of nitrogens with zero attached hydrogens (tertiary/aromatic N) is 6. The van der Waals surface area contributed by atoms with Crippen molar-refractivity contribution in [2.24, 2.45) is 0 Å². The lowest BCUT2D eigenvalue weighted by Gasteiger charge is -2.37. The third-order valence-electron chi connectivity index (χ3n) is 13.6. The first-order chi connectivity index (χ1) is 34.5. The Morgan fingerprint density at radius 2 is 0.543 bits per heavy atom. The molecular formula is C64H46N6. The molecule has 2 aromatic heterocycles. The van der Waals surface area contributed by atoms with Crippen LogP contribution in [0.25, 0.3) is 90.6 Å². The van der Waals surface area contributed by atoms with Gasteiger partial charge in [-0.05, 0) is 62.6 Å². The van der Waals surface area contributed by atoms with Crippen molar-refractivity contribution < 1.29 is 0 Å². The predicted molar refractivity (Wildman–Crippen MR) is 283 cm³/mol. The van der Waals surface area contributed by atoms with E-state index in [9.17, 15) is 0 Å². The predicted octanol–water partition coefficient (Wildman–Crippen LogP) is 15.3. The summed E-state index contributed by atoms with van der Waals surface area (Å²) >= 11 is 0. The van der Waals surface area contributed by atoms with Crippen molar-refractivity contribution in [2.45, 2.75) is 25.7 Å². The number of aromatic nitrogens is 6. The van der Waals surface area contributed by atoms with Crippen molar-refractivity contribution in [3.05, 3.63) is 264 Å². The van der Waals surface area contributed by atoms with Gasteiger partial charge in [0, 0.05) is 45.2 Å². The van der Waals surface area contributed by atoms with E-state index in [4.69, 9.17) is 29.9 Å². The summed E-state index contributed by atoms with van der Waals surface area (Å²) in [5.74, 6) is 3.94. The van der Waals surface area contributed by atoms with E-state index in [-0.39, 0.29) is 11.8 Å². The van der Waals surface area contributed by atoms with Crippen LogP contribution in [-0.2, 0) is 0 Å². The highest BCUT2D eigenvalue weighted by Crippen LogP contribution is 2.53. The largest absolute Gasteiger partial charge is 0.208 e. The third kappa shape index (κ3) is 7.95. The monoisotopic (exact) mass is 898 g/mol. The van der Waals surface area contributed by atoms with Gasteiger partial charge in [0.2, 0.25) is 0 Å². The van der Waals surface area contributed by atoms with Gasteiger partial charge in [0.15, 0.2) is 34.9 Å². The van der Waals surface area contributed by atoms with Crippen LogP contribution in [0.3, 0.4) is 0 Å². The van der Waals surface area contributed by atoms with E-state index in [1.165, 1.54) is 44.5 Å². The molecule has 9 aromatic carbocycles. The Labute approximate surface area is 408 Å². The maximum Gasteiger partial charge on any atom is 0.164 e. The molecular weight excluding hydrogens is 853 g/mol. The van der Waals surface area contributed by atoms with Crippen LogP contribution in [0.4, 0.5) is 0 Å². The molecule has 0 radical (unpaired) electrons. The quantitative estimate of drug-likeness (QED) is 0.144. The number of benzene rings is 9. The average molecular weight is 899 g/mol. The minimum Gasteiger partial charge on any atom is -0.208 e. The maximum absolute atomic E-state index is 5.04. The lowest BCUT2D eigenvalue weighted by molar-refractivity contribution is 0.795. The summed E-state index contributed by atoms with van der Waals surface area (Å²) < 4.78 is 0. The van der Waals surface area contributed by atoms with Gasteiger partial charge in [-0.1, -0.05) is 237 Å². The molecule has 6 heteroatoms. The fourth-order valence-electron chi connectivity index (χ4n) is 10.1. The van der Waals surface area contributed by atoms with Gasteiger partial charge >= 0.3 is 0 Å². The zero-order valence-corrected chi connectivity index (χ0v) is 38.8. The molecule has 0 aliphatic heterocycles. The number of hydrogen-bond acceptors (Lipinski definition) is 6. The van der Waals surface area contributed by atoms with Crippen molar-refractivity contribution in [3.8, 4) is 90.6 Å². The second kappa shape index (κ2) is 18.2. The molecule has 6 nitrogen and oxygen atoms in total. The minimum atomic E-state index is 0.000857. The summed E-state index contributed by atoms with van der Waals surface area (Å²) in [5.41, 5.74) is 18.2. The van der Waals surface area contributed by atoms with Crippen molar-refractivity contribution in [1.29, 1.82) is 0 Å². The van der Waals surface area contributed by atoms with Gasteiger partial charge in [-0.3, -0.25) is 0 Å². The van der Waals surface area contributed by atoms with Gasteiger partial charge in [0.1, 0.15) is 0 Å². The van der Waals surface area contributed by atoms with E-state index in [2.05, 4.69) is 123 Å². The Hall–Kier alpha value is -9.00. The van der Waals surface area contributed by atoms with Crippen molar-refractivity contribution in [3.63, 3.8) is 0 Å². The normalized spacial score (nSPS) is 13.9. The van der Waals surface area contributed by atoms with E-state index in [0.29, 0.717) is 34.9 Å². The van der Waals surface area contributed by atoms with Crippen LogP contribution in [0.15, 0.2) is 231 Å². The van der Waals surface area contributed by atoms with Gasteiger partial charge < -0.3 is 0 Å². The zero-order chi connectivity index (χ0) is 47.0. The molecule has 332 valence electrons. The van der Waals surface area contributed by atoms with Crippen LogP contribution in [0.5, 0.6) is 0 Å². The van der Waals surface area contributed by atoms with Crippen LogP contribution >= 0.6 is 0 Å². The molecule has 0 spiro atoms. The van der Waals surface area contributed by atoms with E-state index in [1.54, 1.807) is 0 Å². The molecule has 0 fully saturated rings. The van der Waals surface area contributed by atoms with E-state index >= 15 is 0 Å². The Kier molecular flexibility index (Phi) is 11.0. The summed E-state index contributed by atoms with van der Waals surface area (Å²) in [7, 11) is 0. The number of aryl methyl sites for hydroxylation is 1. The molecule has 0 N–H and O–H groups in total. The minimum absolute atomic E-state index is 0.000857. The molecule has 70 heavy (non-hydrogen) atoms. The van der Waals surface area contributed by atoms with Crippen LogP contribution in [0.2, 0.25) is 0 Å². The lowest BCUT2D eigenvalue weighted by atomic mass is 9.66. The summed E-state index contributed by atoms with van der Waals surface area (Å²) in [6.45, 7) is 4.61. The van der Waals surface area contributed by atoms with Crippen LogP contribution in [0.1, 0.15) is 52.1 Å². The smallest absolute Gasteiger partial charge is 0.164 e. The first-order valence-electron chi connectivity index (χ1n) is 23.8. The fourth-order valence-corrected chi connectivity index (χ4v) is 10.1. The Balaban J connectivity index is 0.996. The number of rotatable bonds is 9. The summed E-state index contributed by atoms with van der Waals surface area (Å²) in [6.07, 6.45) is 0.